The number of hydrogen-bond donors (Lipinski definition) is 1. The largest absolute Gasteiger partial charge is 0.490 e. The fourth-order valence-corrected chi connectivity index (χ4v) is 4.34. The molecule has 1 aromatic rings. The maximum atomic E-state index is 13.7. The van der Waals surface area contributed by atoms with Gasteiger partial charge in [0.1, 0.15) is 17.7 Å². The van der Waals surface area contributed by atoms with Crippen molar-refractivity contribution in [3.63, 3.8) is 0 Å². The molecule has 2 unspecified atom stereocenters. The first-order chi connectivity index (χ1) is 10.2. The lowest BCUT2D eigenvalue weighted by Gasteiger charge is -2.55. The molecule has 3 rings (SSSR count). The van der Waals surface area contributed by atoms with E-state index in [0.717, 1.165) is 6.42 Å². The Hall–Kier alpha value is -0.610. The van der Waals surface area contributed by atoms with Crippen LogP contribution in [0.4, 0.5) is 4.39 Å². The van der Waals surface area contributed by atoms with Crippen LogP contribution in [0.2, 0.25) is 0 Å². The average molecular weight is 356 g/mol. The third-order valence-electron chi connectivity index (χ3n) is 5.34. The highest BCUT2D eigenvalue weighted by molar-refractivity contribution is 9.10. The van der Waals surface area contributed by atoms with Crippen LogP contribution in [0.15, 0.2) is 22.7 Å². The molecule has 0 amide bonds. The average Bonchev–Trinajstić information content (AvgIpc) is 2.74. The lowest BCUT2D eigenvalue weighted by molar-refractivity contribution is -0.0883. The van der Waals surface area contributed by atoms with E-state index in [1.54, 1.807) is 6.07 Å². The molecule has 0 heterocycles. The lowest BCUT2D eigenvalue weighted by Crippen LogP contribution is -2.64. The molecule has 116 valence electrons. The minimum Gasteiger partial charge on any atom is -0.490 e. The highest BCUT2D eigenvalue weighted by atomic mass is 79.9. The Kier molecular flexibility index (Phi) is 4.55. The molecule has 21 heavy (non-hydrogen) atoms. The van der Waals surface area contributed by atoms with Gasteiger partial charge in [0.05, 0.1) is 4.47 Å². The Labute approximate surface area is 134 Å². The molecule has 0 saturated heterocycles. The molecule has 2 atom stereocenters. The minimum absolute atomic E-state index is 0.216. The monoisotopic (exact) mass is 355 g/mol. The van der Waals surface area contributed by atoms with Gasteiger partial charge < -0.3 is 10.1 Å². The van der Waals surface area contributed by atoms with E-state index >= 15 is 0 Å². The molecule has 2 aliphatic rings. The molecular formula is C17H23BrFNO. The topological polar surface area (TPSA) is 21.3 Å². The number of ether oxygens (including phenoxy) is 1. The van der Waals surface area contributed by atoms with E-state index in [9.17, 15) is 4.39 Å². The maximum absolute atomic E-state index is 13.7. The van der Waals surface area contributed by atoms with Gasteiger partial charge in [-0.3, -0.25) is 0 Å². The van der Waals surface area contributed by atoms with Gasteiger partial charge in [-0.1, -0.05) is 25.7 Å². The van der Waals surface area contributed by atoms with E-state index < -0.39 is 0 Å². The Morgan fingerprint density at radius 2 is 1.95 bits per heavy atom. The summed E-state index contributed by atoms with van der Waals surface area (Å²) in [6.07, 6.45) is 8.92. The Bertz CT molecular complexity index is 500. The fraction of sp³-hybridized carbons (Fsp3) is 0.647. The van der Waals surface area contributed by atoms with E-state index in [1.165, 1.54) is 44.6 Å². The van der Waals surface area contributed by atoms with Gasteiger partial charge in [0.25, 0.3) is 0 Å². The van der Waals surface area contributed by atoms with Gasteiger partial charge in [0.15, 0.2) is 0 Å². The van der Waals surface area contributed by atoms with Crippen LogP contribution in [0, 0.1) is 11.2 Å². The molecule has 2 saturated carbocycles. The van der Waals surface area contributed by atoms with Crippen LogP contribution in [0.5, 0.6) is 5.75 Å². The van der Waals surface area contributed by atoms with Crippen molar-refractivity contribution in [1.29, 1.82) is 0 Å². The molecule has 0 aliphatic heterocycles. The molecule has 0 radical (unpaired) electrons. The van der Waals surface area contributed by atoms with Crippen LogP contribution in [0.1, 0.15) is 44.9 Å². The van der Waals surface area contributed by atoms with Crippen molar-refractivity contribution in [2.24, 2.45) is 5.41 Å². The molecule has 2 nitrogen and oxygen atoms in total. The number of hydrogen-bond acceptors (Lipinski definition) is 2. The second-order valence-electron chi connectivity index (χ2n) is 6.41. The third kappa shape index (κ3) is 2.85. The molecule has 2 aliphatic carbocycles. The SMILES string of the molecule is CNC1CC(Oc2ccc(Br)c(F)c2)C12CCCCCC2. The zero-order chi connectivity index (χ0) is 14.9. The quantitative estimate of drug-likeness (QED) is 0.850. The minimum atomic E-state index is -0.257. The van der Waals surface area contributed by atoms with Crippen LogP contribution in [0.25, 0.3) is 0 Å². The Balaban J connectivity index is 1.76. The van der Waals surface area contributed by atoms with E-state index in [4.69, 9.17) is 4.74 Å². The zero-order valence-corrected chi connectivity index (χ0v) is 14.1. The predicted octanol–water partition coefficient (Wildman–Crippen LogP) is 4.67. The van der Waals surface area contributed by atoms with Crippen LogP contribution in [0.3, 0.4) is 0 Å². The Morgan fingerprint density at radius 1 is 1.24 bits per heavy atom. The van der Waals surface area contributed by atoms with Gasteiger partial charge in [-0.05, 0) is 48.0 Å². The van der Waals surface area contributed by atoms with E-state index in [-0.39, 0.29) is 17.3 Å². The van der Waals surface area contributed by atoms with Gasteiger partial charge in [0.2, 0.25) is 0 Å². The lowest BCUT2D eigenvalue weighted by atomic mass is 9.58. The normalized spacial score (nSPS) is 28.0. The summed E-state index contributed by atoms with van der Waals surface area (Å²) < 4.78 is 20.3. The van der Waals surface area contributed by atoms with Crippen molar-refractivity contribution in [2.75, 3.05) is 7.05 Å². The first-order valence-electron chi connectivity index (χ1n) is 7.95. The van der Waals surface area contributed by atoms with Crippen LogP contribution in [-0.4, -0.2) is 19.2 Å². The van der Waals surface area contributed by atoms with Crippen molar-refractivity contribution >= 4 is 15.9 Å². The van der Waals surface area contributed by atoms with Crippen molar-refractivity contribution in [2.45, 2.75) is 57.1 Å². The highest BCUT2D eigenvalue weighted by Crippen LogP contribution is 2.52. The number of halogens is 2. The summed E-state index contributed by atoms with van der Waals surface area (Å²) in [5.74, 6) is 0.394. The zero-order valence-electron chi connectivity index (χ0n) is 12.5. The summed E-state index contributed by atoms with van der Waals surface area (Å²) in [6.45, 7) is 0. The first-order valence-corrected chi connectivity index (χ1v) is 8.74. The van der Waals surface area contributed by atoms with Gasteiger partial charge in [0, 0.05) is 23.9 Å². The van der Waals surface area contributed by atoms with E-state index in [2.05, 4.69) is 21.2 Å². The summed E-state index contributed by atoms with van der Waals surface area (Å²) >= 11 is 3.19. The smallest absolute Gasteiger partial charge is 0.141 e. The number of rotatable bonds is 3. The number of nitrogens with one attached hydrogen (secondary N) is 1. The third-order valence-corrected chi connectivity index (χ3v) is 5.98. The highest BCUT2D eigenvalue weighted by Gasteiger charge is 2.55. The molecule has 2 fully saturated rings. The molecule has 0 aromatic heterocycles. The standard InChI is InChI=1S/C17H23BrFNO/c1-20-15-11-16(17(15)8-4-2-3-5-9-17)21-12-6-7-13(18)14(19)10-12/h6-7,10,15-16,20H,2-5,8-9,11H2,1H3. The molecule has 4 heteroatoms. The van der Waals surface area contributed by atoms with Gasteiger partial charge in [-0.15, -0.1) is 0 Å². The fourth-order valence-electron chi connectivity index (χ4n) is 4.09. The van der Waals surface area contributed by atoms with Gasteiger partial charge >= 0.3 is 0 Å². The van der Waals surface area contributed by atoms with Crippen LogP contribution in [-0.2, 0) is 0 Å². The van der Waals surface area contributed by atoms with Crippen molar-refractivity contribution < 1.29 is 9.13 Å². The summed E-state index contributed by atoms with van der Waals surface area (Å²) in [5.41, 5.74) is 0.245. The molecule has 1 spiro atoms. The summed E-state index contributed by atoms with van der Waals surface area (Å²) in [6, 6.07) is 5.60. The summed E-state index contributed by atoms with van der Waals surface area (Å²) in [7, 11) is 2.05. The Morgan fingerprint density at radius 3 is 2.57 bits per heavy atom. The van der Waals surface area contributed by atoms with Crippen molar-refractivity contribution in [3.05, 3.63) is 28.5 Å². The second kappa shape index (κ2) is 6.25. The molecular weight excluding hydrogens is 333 g/mol. The van der Waals surface area contributed by atoms with Crippen molar-refractivity contribution in [3.8, 4) is 5.75 Å². The first kappa shape index (κ1) is 15.3. The van der Waals surface area contributed by atoms with Gasteiger partial charge in [-0.25, -0.2) is 4.39 Å². The molecule has 1 aromatic carbocycles. The summed E-state index contributed by atoms with van der Waals surface area (Å²) in [4.78, 5) is 0. The van der Waals surface area contributed by atoms with E-state index in [0.29, 0.717) is 16.3 Å². The van der Waals surface area contributed by atoms with Gasteiger partial charge in [-0.2, -0.15) is 0 Å². The summed E-state index contributed by atoms with van der Waals surface area (Å²) in [5, 5.41) is 3.46. The predicted molar refractivity (Wildman–Crippen MR) is 86.1 cm³/mol. The van der Waals surface area contributed by atoms with E-state index in [1.807, 2.05) is 13.1 Å². The number of benzene rings is 1. The second-order valence-corrected chi connectivity index (χ2v) is 7.26. The van der Waals surface area contributed by atoms with Crippen molar-refractivity contribution in [1.82, 2.24) is 5.32 Å². The van der Waals surface area contributed by atoms with Crippen LogP contribution < -0.4 is 10.1 Å². The maximum Gasteiger partial charge on any atom is 0.141 e. The molecule has 0 bridgehead atoms. The van der Waals surface area contributed by atoms with Crippen LogP contribution >= 0.6 is 15.9 Å². The molecule has 1 N–H and O–H groups in total.